The molecule has 20 heavy (non-hydrogen) atoms. The second-order valence-electron chi connectivity index (χ2n) is 5.41. The topological polar surface area (TPSA) is 74.2 Å². The Morgan fingerprint density at radius 3 is 2.90 bits per heavy atom. The molecule has 5 nitrogen and oxygen atoms in total. The lowest BCUT2D eigenvalue weighted by atomic mass is 9.89. The number of nitrogens with zero attached hydrogens (tertiary/aromatic N) is 2. The number of benzene rings is 1. The van der Waals surface area contributed by atoms with Crippen LogP contribution in [0.25, 0.3) is 11.5 Å². The fourth-order valence-electron chi connectivity index (χ4n) is 3.11. The minimum atomic E-state index is -0.454. The van der Waals surface area contributed by atoms with E-state index in [1.54, 1.807) is 12.1 Å². The van der Waals surface area contributed by atoms with Crippen molar-refractivity contribution >= 4 is 5.69 Å². The molecule has 3 atom stereocenters. The Morgan fingerprint density at radius 2 is 2.20 bits per heavy atom. The molecule has 1 aromatic heterocycles. The van der Waals surface area contributed by atoms with Crippen LogP contribution in [0.4, 0.5) is 10.1 Å². The highest BCUT2D eigenvalue weighted by Gasteiger charge is 2.43. The number of hydrogen-bond donors (Lipinski definition) is 1. The summed E-state index contributed by atoms with van der Waals surface area (Å²) in [5.74, 6) is 0.524. The van der Waals surface area contributed by atoms with Crippen molar-refractivity contribution in [1.29, 1.82) is 0 Å². The van der Waals surface area contributed by atoms with E-state index in [2.05, 4.69) is 10.1 Å². The zero-order valence-electron chi connectivity index (χ0n) is 10.8. The second kappa shape index (κ2) is 4.28. The van der Waals surface area contributed by atoms with Crippen LogP contribution in [0.1, 0.15) is 31.0 Å². The number of ether oxygens (including phenoxy) is 1. The molecule has 104 valence electrons. The molecule has 2 fully saturated rings. The second-order valence-corrected chi connectivity index (χ2v) is 5.41. The van der Waals surface area contributed by atoms with Crippen LogP contribution in [0.15, 0.2) is 22.7 Å². The molecule has 2 saturated heterocycles. The van der Waals surface area contributed by atoms with Crippen molar-refractivity contribution in [3.8, 4) is 11.5 Å². The number of nitrogen functional groups attached to an aromatic ring is 1. The molecule has 0 aliphatic carbocycles. The van der Waals surface area contributed by atoms with Crippen LogP contribution in [-0.2, 0) is 4.74 Å². The number of nitrogens with two attached hydrogens (primary N) is 1. The maximum Gasteiger partial charge on any atom is 0.260 e. The van der Waals surface area contributed by atoms with E-state index in [4.69, 9.17) is 15.0 Å². The van der Waals surface area contributed by atoms with E-state index in [1.165, 1.54) is 6.07 Å². The molecule has 2 aliphatic heterocycles. The first-order valence-corrected chi connectivity index (χ1v) is 6.75. The van der Waals surface area contributed by atoms with Crippen molar-refractivity contribution < 1.29 is 13.7 Å². The first-order valence-electron chi connectivity index (χ1n) is 6.75. The van der Waals surface area contributed by atoms with E-state index in [0.717, 1.165) is 19.3 Å². The average molecular weight is 275 g/mol. The van der Waals surface area contributed by atoms with Gasteiger partial charge in [-0.25, -0.2) is 4.39 Å². The Morgan fingerprint density at radius 1 is 1.30 bits per heavy atom. The first-order chi connectivity index (χ1) is 9.70. The first kappa shape index (κ1) is 11.8. The van der Waals surface area contributed by atoms with Gasteiger partial charge in [0.1, 0.15) is 5.82 Å². The van der Waals surface area contributed by atoms with Gasteiger partial charge < -0.3 is 15.0 Å². The van der Waals surface area contributed by atoms with Gasteiger partial charge in [-0.15, -0.1) is 0 Å². The number of anilines is 1. The number of hydrogen-bond acceptors (Lipinski definition) is 5. The molecule has 0 spiro atoms. The van der Waals surface area contributed by atoms with Gasteiger partial charge in [0, 0.05) is 5.69 Å². The lowest BCUT2D eigenvalue weighted by molar-refractivity contribution is 0.0996. The summed E-state index contributed by atoms with van der Waals surface area (Å²) in [6, 6.07) is 4.42. The van der Waals surface area contributed by atoms with Crippen molar-refractivity contribution in [2.24, 2.45) is 0 Å². The molecule has 0 saturated carbocycles. The predicted octanol–water partition coefficient (Wildman–Crippen LogP) is 2.49. The van der Waals surface area contributed by atoms with Crippen LogP contribution in [0, 0.1) is 5.82 Å². The molecule has 0 amide bonds. The monoisotopic (exact) mass is 275 g/mol. The molecule has 2 N–H and O–H groups in total. The molecule has 0 radical (unpaired) electrons. The van der Waals surface area contributed by atoms with Crippen LogP contribution < -0.4 is 5.73 Å². The smallest absolute Gasteiger partial charge is 0.260 e. The fraction of sp³-hybridized carbons (Fsp3) is 0.429. The molecule has 2 aliphatic rings. The Balaban J connectivity index is 1.65. The summed E-state index contributed by atoms with van der Waals surface area (Å²) in [5, 5.41) is 3.99. The van der Waals surface area contributed by atoms with Crippen LogP contribution in [0.3, 0.4) is 0 Å². The van der Waals surface area contributed by atoms with Crippen molar-refractivity contribution in [3.05, 3.63) is 29.8 Å². The van der Waals surface area contributed by atoms with Gasteiger partial charge in [-0.2, -0.15) is 4.98 Å². The Labute approximate surface area is 114 Å². The Kier molecular flexibility index (Phi) is 2.53. The highest BCUT2D eigenvalue weighted by molar-refractivity contribution is 5.58. The molecule has 4 rings (SSSR count). The third kappa shape index (κ3) is 1.79. The molecule has 6 heteroatoms. The lowest BCUT2D eigenvalue weighted by Crippen LogP contribution is -2.15. The summed E-state index contributed by atoms with van der Waals surface area (Å²) in [4.78, 5) is 4.33. The van der Waals surface area contributed by atoms with E-state index in [0.29, 0.717) is 17.6 Å². The number of halogens is 1. The molecule has 2 bridgehead atoms. The summed E-state index contributed by atoms with van der Waals surface area (Å²) in [6.45, 7) is 0. The molecule has 1 aromatic carbocycles. The van der Waals surface area contributed by atoms with Crippen LogP contribution >= 0.6 is 0 Å². The lowest BCUT2D eigenvalue weighted by Gasteiger charge is -2.13. The quantitative estimate of drug-likeness (QED) is 0.852. The largest absolute Gasteiger partial charge is 0.399 e. The van der Waals surface area contributed by atoms with Gasteiger partial charge in [0.15, 0.2) is 5.82 Å². The molecule has 3 heterocycles. The van der Waals surface area contributed by atoms with Crippen molar-refractivity contribution in [2.75, 3.05) is 5.73 Å². The zero-order chi connectivity index (χ0) is 13.7. The van der Waals surface area contributed by atoms with E-state index in [1.807, 2.05) is 0 Å². The average Bonchev–Trinajstić information content (AvgIpc) is 3.14. The van der Waals surface area contributed by atoms with Gasteiger partial charge in [0.05, 0.1) is 23.7 Å². The highest BCUT2D eigenvalue weighted by Crippen LogP contribution is 2.43. The minimum Gasteiger partial charge on any atom is -0.399 e. The Hall–Kier alpha value is -1.95. The summed E-state index contributed by atoms with van der Waals surface area (Å²) in [5.41, 5.74) is 6.18. The van der Waals surface area contributed by atoms with Gasteiger partial charge in [-0.3, -0.25) is 0 Å². The molecular weight excluding hydrogens is 261 g/mol. The highest BCUT2D eigenvalue weighted by atomic mass is 19.1. The normalized spacial score (nSPS) is 28.1. The van der Waals surface area contributed by atoms with Gasteiger partial charge in [0.25, 0.3) is 5.89 Å². The minimum absolute atomic E-state index is 0.170. The maximum atomic E-state index is 13.8. The van der Waals surface area contributed by atoms with Gasteiger partial charge in [0.2, 0.25) is 0 Å². The number of rotatable bonds is 2. The fourth-order valence-corrected chi connectivity index (χ4v) is 3.11. The SMILES string of the molecule is Nc1ccc(-c2nc(C3CC4CCC3O4)no2)c(F)c1. The van der Waals surface area contributed by atoms with E-state index in [9.17, 15) is 4.39 Å². The van der Waals surface area contributed by atoms with Crippen LogP contribution in [0.2, 0.25) is 0 Å². The number of aromatic nitrogens is 2. The molecule has 2 aromatic rings. The molecule has 3 unspecified atom stereocenters. The maximum absolute atomic E-state index is 13.8. The predicted molar refractivity (Wildman–Crippen MR) is 69.4 cm³/mol. The van der Waals surface area contributed by atoms with Gasteiger partial charge in [-0.1, -0.05) is 5.16 Å². The van der Waals surface area contributed by atoms with Crippen molar-refractivity contribution in [2.45, 2.75) is 37.4 Å². The van der Waals surface area contributed by atoms with E-state index < -0.39 is 5.82 Å². The summed E-state index contributed by atoms with van der Waals surface area (Å²) < 4.78 is 24.8. The molecular formula is C14H14FN3O2. The van der Waals surface area contributed by atoms with Crippen LogP contribution in [-0.4, -0.2) is 22.3 Å². The van der Waals surface area contributed by atoms with E-state index in [-0.39, 0.29) is 23.5 Å². The number of fused-ring (bicyclic) bond motifs is 2. The zero-order valence-corrected chi connectivity index (χ0v) is 10.8. The standard InChI is InChI=1S/C14H14FN3O2/c15-11-5-7(16)1-3-9(11)14-17-13(18-20-14)10-6-8-2-4-12(10)19-8/h1,3,5,8,10,12H,2,4,6,16H2. The summed E-state index contributed by atoms with van der Waals surface area (Å²) >= 11 is 0. The van der Waals surface area contributed by atoms with Gasteiger partial charge >= 0.3 is 0 Å². The van der Waals surface area contributed by atoms with Crippen molar-refractivity contribution in [1.82, 2.24) is 10.1 Å². The van der Waals surface area contributed by atoms with E-state index >= 15 is 0 Å². The van der Waals surface area contributed by atoms with Gasteiger partial charge in [-0.05, 0) is 37.5 Å². The third-order valence-corrected chi connectivity index (χ3v) is 4.10. The van der Waals surface area contributed by atoms with Crippen LogP contribution in [0.5, 0.6) is 0 Å². The van der Waals surface area contributed by atoms with Crippen molar-refractivity contribution in [3.63, 3.8) is 0 Å². The summed E-state index contributed by atoms with van der Waals surface area (Å²) in [6.07, 6.45) is 3.57. The Bertz CT molecular complexity index is 658. The third-order valence-electron chi connectivity index (χ3n) is 4.10. The summed E-state index contributed by atoms with van der Waals surface area (Å²) in [7, 11) is 0.